The number of nitriles is 1. The Kier molecular flexibility index (Phi) is 12.7. The first kappa shape index (κ1) is 39.0. The van der Waals surface area contributed by atoms with Crippen molar-refractivity contribution in [2.75, 3.05) is 57.8 Å². The van der Waals surface area contributed by atoms with Crippen LogP contribution in [0.25, 0.3) is 0 Å². The van der Waals surface area contributed by atoms with Gasteiger partial charge in [-0.3, -0.25) is 9.69 Å². The normalized spacial score (nSPS) is 19.1. The highest BCUT2D eigenvalue weighted by Gasteiger charge is 2.36. The zero-order chi connectivity index (χ0) is 38.2. The number of fused-ring (bicyclic) bond motifs is 1. The minimum atomic E-state index is -0.944. The molecule has 288 valence electrons. The van der Waals surface area contributed by atoms with Crippen LogP contribution in [-0.4, -0.2) is 108 Å². The van der Waals surface area contributed by atoms with Crippen molar-refractivity contribution in [3.8, 4) is 11.9 Å². The maximum absolute atomic E-state index is 14.2. The lowest BCUT2D eigenvalue weighted by atomic mass is 9.95. The number of hydrogen-bond donors (Lipinski definition) is 1. The summed E-state index contributed by atoms with van der Waals surface area (Å²) in [6, 6.07) is 22.0. The number of benzene rings is 2. The molecule has 3 atom stereocenters. The van der Waals surface area contributed by atoms with Gasteiger partial charge in [0.25, 0.3) is 0 Å². The largest absolute Gasteiger partial charge is 0.475 e. The molecule has 3 aromatic rings. The Labute approximate surface area is 320 Å². The Balaban J connectivity index is 1.20. The standard InChI is InChI=1S/C42H55N7O5/c1-30(52-28-32-15-10-7-11-16-32)37(44-41(51)54-42(2,3)4)40(50)49-23-21-48(22-24-49)38-34-18-20-47(26-31-13-8-6-9-14-31)27-36(34)35(25-43)39(45-38)53-29-33-17-12-19-46(33)5/h6-11,13-16,30,33,37H,12,17-24,26-29H2,1-5H3,(H,44,51)/t30-,33+,37+/m1/s1. The second-order valence-corrected chi connectivity index (χ2v) is 15.7. The van der Waals surface area contributed by atoms with Gasteiger partial charge < -0.3 is 34.2 Å². The van der Waals surface area contributed by atoms with E-state index >= 15 is 0 Å². The van der Waals surface area contributed by atoms with Gasteiger partial charge in [0.2, 0.25) is 11.8 Å². The van der Waals surface area contributed by atoms with Crippen LogP contribution in [-0.2, 0) is 40.4 Å². The van der Waals surface area contributed by atoms with E-state index in [1.807, 2.05) is 36.4 Å². The van der Waals surface area contributed by atoms with E-state index in [0.717, 1.165) is 61.4 Å². The van der Waals surface area contributed by atoms with Crippen molar-refractivity contribution in [2.24, 2.45) is 0 Å². The quantitative estimate of drug-likeness (QED) is 0.268. The monoisotopic (exact) mass is 737 g/mol. The number of likely N-dealkylation sites (tertiary alicyclic amines) is 1. The van der Waals surface area contributed by atoms with Crippen LogP contribution in [0.15, 0.2) is 60.7 Å². The van der Waals surface area contributed by atoms with E-state index in [4.69, 9.17) is 19.2 Å². The van der Waals surface area contributed by atoms with Gasteiger partial charge >= 0.3 is 6.09 Å². The van der Waals surface area contributed by atoms with Crippen molar-refractivity contribution in [3.63, 3.8) is 0 Å². The number of nitrogens with one attached hydrogen (secondary N) is 1. The van der Waals surface area contributed by atoms with Gasteiger partial charge in [-0.1, -0.05) is 60.7 Å². The molecule has 6 rings (SSSR count). The summed E-state index contributed by atoms with van der Waals surface area (Å²) in [7, 11) is 2.12. The summed E-state index contributed by atoms with van der Waals surface area (Å²) < 4.78 is 18.1. The number of carbonyl (C=O) groups excluding carboxylic acids is 2. The molecule has 0 aliphatic carbocycles. The topological polar surface area (TPSA) is 123 Å². The summed E-state index contributed by atoms with van der Waals surface area (Å²) in [5, 5.41) is 13.3. The van der Waals surface area contributed by atoms with E-state index in [1.54, 1.807) is 32.6 Å². The van der Waals surface area contributed by atoms with E-state index in [1.165, 1.54) is 5.56 Å². The maximum Gasteiger partial charge on any atom is 0.408 e. The third-order valence-corrected chi connectivity index (χ3v) is 10.5. The van der Waals surface area contributed by atoms with E-state index < -0.39 is 23.8 Å². The molecule has 0 unspecified atom stereocenters. The number of nitrogens with zero attached hydrogens (tertiary/aromatic N) is 6. The first-order valence-corrected chi connectivity index (χ1v) is 19.2. The van der Waals surface area contributed by atoms with Gasteiger partial charge in [0.15, 0.2) is 0 Å². The third-order valence-electron chi connectivity index (χ3n) is 10.5. The minimum Gasteiger partial charge on any atom is -0.475 e. The average Bonchev–Trinajstić information content (AvgIpc) is 3.58. The molecule has 12 heteroatoms. The number of pyridine rings is 1. The molecule has 0 saturated carbocycles. The smallest absolute Gasteiger partial charge is 0.408 e. The van der Waals surface area contributed by atoms with Crippen molar-refractivity contribution < 1.29 is 23.8 Å². The molecule has 2 fully saturated rings. The molecule has 4 heterocycles. The van der Waals surface area contributed by atoms with Crippen molar-refractivity contribution in [3.05, 3.63) is 88.5 Å². The van der Waals surface area contributed by atoms with Crippen LogP contribution in [0.2, 0.25) is 0 Å². The third kappa shape index (κ3) is 9.88. The number of hydrogen-bond acceptors (Lipinski definition) is 10. The van der Waals surface area contributed by atoms with E-state index in [0.29, 0.717) is 57.4 Å². The predicted octanol–water partition coefficient (Wildman–Crippen LogP) is 5.13. The Morgan fingerprint density at radius 3 is 2.28 bits per heavy atom. The van der Waals surface area contributed by atoms with Crippen LogP contribution in [0.5, 0.6) is 5.88 Å². The number of rotatable bonds is 12. The van der Waals surface area contributed by atoms with Crippen molar-refractivity contribution >= 4 is 17.8 Å². The summed E-state index contributed by atoms with van der Waals surface area (Å²) >= 11 is 0. The summed E-state index contributed by atoms with van der Waals surface area (Å²) in [6.45, 7) is 13.2. The molecule has 12 nitrogen and oxygen atoms in total. The molecular weight excluding hydrogens is 683 g/mol. The van der Waals surface area contributed by atoms with Crippen LogP contribution < -0.4 is 15.0 Å². The number of aromatic nitrogens is 1. The summed E-state index contributed by atoms with van der Waals surface area (Å²) in [4.78, 5) is 40.9. The van der Waals surface area contributed by atoms with Gasteiger partial charge in [-0.05, 0) is 77.2 Å². The van der Waals surface area contributed by atoms with Crippen LogP contribution in [0.1, 0.15) is 68.4 Å². The lowest BCUT2D eigenvalue weighted by Crippen LogP contribution is -2.59. The molecule has 2 aromatic carbocycles. The summed E-state index contributed by atoms with van der Waals surface area (Å²) in [6.07, 6.45) is 1.65. The van der Waals surface area contributed by atoms with Gasteiger partial charge in [-0.25, -0.2) is 4.79 Å². The SMILES string of the molecule is C[C@@H](OCc1ccccc1)[C@H](NC(=O)OC(C)(C)C)C(=O)N1CCN(c2nc(OC[C@@H]3CCCN3C)c(C#N)c3c2CCN(Cc2ccccc2)C3)CC1. The van der Waals surface area contributed by atoms with Gasteiger partial charge in [0.05, 0.1) is 12.7 Å². The molecule has 3 aliphatic rings. The molecule has 0 bridgehead atoms. The highest BCUT2D eigenvalue weighted by atomic mass is 16.6. The predicted molar refractivity (Wildman–Crippen MR) is 207 cm³/mol. The van der Waals surface area contributed by atoms with Gasteiger partial charge in [-0.2, -0.15) is 10.2 Å². The number of likely N-dealkylation sites (N-methyl/N-ethyl adjacent to an activating group) is 1. The van der Waals surface area contributed by atoms with Crippen molar-refractivity contribution in [1.82, 2.24) is 25.0 Å². The fourth-order valence-electron chi connectivity index (χ4n) is 7.51. The van der Waals surface area contributed by atoms with Crippen LogP contribution in [0.4, 0.5) is 10.6 Å². The van der Waals surface area contributed by atoms with E-state index in [-0.39, 0.29) is 11.9 Å². The van der Waals surface area contributed by atoms with E-state index in [9.17, 15) is 14.9 Å². The maximum atomic E-state index is 14.2. The Morgan fingerprint density at radius 1 is 0.963 bits per heavy atom. The second kappa shape index (κ2) is 17.6. The molecule has 2 amide bonds. The van der Waals surface area contributed by atoms with Gasteiger partial charge in [0.1, 0.15) is 35.7 Å². The first-order chi connectivity index (χ1) is 26.0. The minimum absolute atomic E-state index is 0.225. The zero-order valence-electron chi connectivity index (χ0n) is 32.4. The van der Waals surface area contributed by atoms with Gasteiger partial charge in [0, 0.05) is 57.4 Å². The molecule has 1 aromatic heterocycles. The fraction of sp³-hybridized carbons (Fsp3) is 0.524. The Bertz CT molecular complexity index is 1770. The van der Waals surface area contributed by atoms with E-state index in [2.05, 4.69) is 57.4 Å². The summed E-state index contributed by atoms with van der Waals surface area (Å²) in [5.74, 6) is 0.989. The van der Waals surface area contributed by atoms with Gasteiger partial charge in [-0.15, -0.1) is 0 Å². The lowest BCUT2D eigenvalue weighted by molar-refractivity contribution is -0.138. The molecular formula is C42H55N7O5. The highest BCUT2D eigenvalue weighted by Crippen LogP contribution is 2.36. The first-order valence-electron chi connectivity index (χ1n) is 19.2. The fourth-order valence-corrected chi connectivity index (χ4v) is 7.51. The number of carbonyl (C=O) groups is 2. The summed E-state index contributed by atoms with van der Waals surface area (Å²) in [5.41, 5.74) is 4.05. The Morgan fingerprint density at radius 2 is 1.65 bits per heavy atom. The number of ether oxygens (including phenoxy) is 3. The molecule has 54 heavy (non-hydrogen) atoms. The number of alkyl carbamates (subject to hydrolysis) is 1. The van der Waals surface area contributed by atoms with Crippen molar-refractivity contribution in [2.45, 2.75) is 90.4 Å². The zero-order valence-corrected chi connectivity index (χ0v) is 32.4. The molecule has 0 radical (unpaired) electrons. The van der Waals surface area contributed by atoms with Crippen LogP contribution in [0.3, 0.4) is 0 Å². The molecule has 0 spiro atoms. The number of piperazine rings is 1. The number of amides is 2. The second-order valence-electron chi connectivity index (χ2n) is 15.7. The molecule has 3 aliphatic heterocycles. The molecule has 2 saturated heterocycles. The highest BCUT2D eigenvalue weighted by molar-refractivity contribution is 5.86. The van der Waals surface area contributed by atoms with Crippen LogP contribution >= 0.6 is 0 Å². The van der Waals surface area contributed by atoms with Crippen LogP contribution in [0, 0.1) is 11.3 Å². The van der Waals surface area contributed by atoms with Crippen molar-refractivity contribution in [1.29, 1.82) is 5.26 Å². The lowest BCUT2D eigenvalue weighted by Gasteiger charge is -2.40. The Hall–Kier alpha value is -4.70. The molecule has 1 N–H and O–H groups in total. The average molecular weight is 738 g/mol. The number of anilines is 1.